The maximum atomic E-state index is 11.9. The lowest BCUT2D eigenvalue weighted by atomic mass is 10.1. The highest BCUT2D eigenvalue weighted by Crippen LogP contribution is 2.13. The number of esters is 1. The molecule has 5 heteroatoms. The zero-order chi connectivity index (χ0) is 14.4. The van der Waals surface area contributed by atoms with Gasteiger partial charge in [-0.05, 0) is 44.0 Å². The molecule has 5 nitrogen and oxygen atoms in total. The van der Waals surface area contributed by atoms with Gasteiger partial charge in [0.15, 0.2) is 6.10 Å². The molecule has 0 bridgehead atoms. The van der Waals surface area contributed by atoms with Crippen molar-refractivity contribution in [1.82, 2.24) is 5.32 Å². The fourth-order valence-electron chi connectivity index (χ4n) is 1.60. The lowest BCUT2D eigenvalue weighted by molar-refractivity contribution is -0.129. The quantitative estimate of drug-likeness (QED) is 0.626. The van der Waals surface area contributed by atoms with Gasteiger partial charge in [-0.3, -0.25) is 4.79 Å². The molecular formula is C14H20N2O3. The van der Waals surface area contributed by atoms with Crippen LogP contribution in [-0.2, 0) is 9.53 Å². The summed E-state index contributed by atoms with van der Waals surface area (Å²) in [6.07, 6.45) is 0.0154. The minimum absolute atomic E-state index is 0.296. The van der Waals surface area contributed by atoms with Gasteiger partial charge in [-0.1, -0.05) is 6.92 Å². The molecule has 1 unspecified atom stereocenters. The van der Waals surface area contributed by atoms with Gasteiger partial charge in [0.05, 0.1) is 5.56 Å². The van der Waals surface area contributed by atoms with Gasteiger partial charge in [0.1, 0.15) is 0 Å². The lowest BCUT2D eigenvalue weighted by Gasteiger charge is -2.13. The highest BCUT2D eigenvalue weighted by atomic mass is 16.5. The van der Waals surface area contributed by atoms with Crippen LogP contribution in [0.5, 0.6) is 0 Å². The standard InChI is InChI=1S/C14H20N2O3/c1-4-5-16-13(17)10(3)19-14(18)11-6-9(2)7-12(15)8-11/h6-8,10H,4-5,15H2,1-3H3,(H,16,17). The van der Waals surface area contributed by atoms with E-state index in [1.807, 2.05) is 13.8 Å². The molecule has 0 heterocycles. The van der Waals surface area contributed by atoms with Crippen LogP contribution in [0.4, 0.5) is 5.69 Å². The minimum atomic E-state index is -0.819. The Labute approximate surface area is 113 Å². The van der Waals surface area contributed by atoms with E-state index in [1.165, 1.54) is 6.07 Å². The monoisotopic (exact) mass is 264 g/mol. The number of anilines is 1. The highest BCUT2D eigenvalue weighted by Gasteiger charge is 2.18. The highest BCUT2D eigenvalue weighted by molar-refractivity contribution is 5.93. The Morgan fingerprint density at radius 3 is 2.63 bits per heavy atom. The maximum Gasteiger partial charge on any atom is 0.338 e. The summed E-state index contributed by atoms with van der Waals surface area (Å²) < 4.78 is 5.10. The number of nitrogen functional groups attached to an aromatic ring is 1. The maximum absolute atomic E-state index is 11.9. The van der Waals surface area contributed by atoms with Crippen LogP contribution >= 0.6 is 0 Å². The molecule has 3 N–H and O–H groups in total. The Hall–Kier alpha value is -2.04. The predicted octanol–water partition coefficient (Wildman–Crippen LogP) is 1.65. The molecular weight excluding hydrogens is 244 g/mol. The summed E-state index contributed by atoms with van der Waals surface area (Å²) in [5.41, 5.74) is 7.39. The number of ether oxygens (including phenoxy) is 1. The number of carbonyl (C=O) groups excluding carboxylic acids is 2. The number of amides is 1. The summed E-state index contributed by atoms with van der Waals surface area (Å²) in [7, 11) is 0. The number of nitrogens with two attached hydrogens (primary N) is 1. The van der Waals surface area contributed by atoms with Gasteiger partial charge in [-0.25, -0.2) is 4.79 Å². The van der Waals surface area contributed by atoms with Crippen LogP contribution in [0.3, 0.4) is 0 Å². The van der Waals surface area contributed by atoms with Crippen molar-refractivity contribution in [2.24, 2.45) is 0 Å². The van der Waals surface area contributed by atoms with Gasteiger partial charge in [0.25, 0.3) is 5.91 Å². The van der Waals surface area contributed by atoms with Crippen molar-refractivity contribution in [1.29, 1.82) is 0 Å². The number of hydrogen-bond donors (Lipinski definition) is 2. The van der Waals surface area contributed by atoms with Gasteiger partial charge in [-0.15, -0.1) is 0 Å². The van der Waals surface area contributed by atoms with Crippen LogP contribution in [0.25, 0.3) is 0 Å². The Bertz CT molecular complexity index is 452. The second kappa shape index (κ2) is 6.78. The molecule has 0 fully saturated rings. The van der Waals surface area contributed by atoms with E-state index in [0.717, 1.165) is 12.0 Å². The second-order valence-corrected chi connectivity index (χ2v) is 4.47. The topological polar surface area (TPSA) is 81.4 Å². The molecule has 1 aromatic carbocycles. The molecule has 104 valence electrons. The molecule has 0 aliphatic heterocycles. The number of nitrogens with one attached hydrogen (secondary N) is 1. The molecule has 0 saturated carbocycles. The van der Waals surface area contributed by atoms with Crippen LogP contribution in [-0.4, -0.2) is 24.5 Å². The van der Waals surface area contributed by atoms with E-state index in [2.05, 4.69) is 5.32 Å². The SMILES string of the molecule is CCCNC(=O)C(C)OC(=O)c1cc(C)cc(N)c1. The van der Waals surface area contributed by atoms with Crippen molar-refractivity contribution in [2.45, 2.75) is 33.3 Å². The third-order valence-electron chi connectivity index (χ3n) is 2.54. The summed E-state index contributed by atoms with van der Waals surface area (Å²) in [5, 5.41) is 2.67. The summed E-state index contributed by atoms with van der Waals surface area (Å²) in [5.74, 6) is -0.842. The second-order valence-electron chi connectivity index (χ2n) is 4.47. The van der Waals surface area contributed by atoms with E-state index in [9.17, 15) is 9.59 Å². The van der Waals surface area contributed by atoms with Crippen molar-refractivity contribution in [3.8, 4) is 0 Å². The first-order chi connectivity index (χ1) is 8.93. The van der Waals surface area contributed by atoms with Gasteiger partial charge in [-0.2, -0.15) is 0 Å². The van der Waals surface area contributed by atoms with Crippen molar-refractivity contribution in [2.75, 3.05) is 12.3 Å². The molecule has 1 amide bonds. The number of rotatable bonds is 5. The number of benzene rings is 1. The molecule has 0 aliphatic rings. The van der Waals surface area contributed by atoms with E-state index in [-0.39, 0.29) is 5.91 Å². The molecule has 19 heavy (non-hydrogen) atoms. The Morgan fingerprint density at radius 2 is 2.05 bits per heavy atom. The third-order valence-corrected chi connectivity index (χ3v) is 2.54. The van der Waals surface area contributed by atoms with E-state index in [0.29, 0.717) is 17.8 Å². The van der Waals surface area contributed by atoms with Gasteiger partial charge in [0, 0.05) is 12.2 Å². The fourth-order valence-corrected chi connectivity index (χ4v) is 1.60. The summed E-state index contributed by atoms with van der Waals surface area (Å²) >= 11 is 0. The van der Waals surface area contributed by atoms with Crippen molar-refractivity contribution < 1.29 is 14.3 Å². The molecule has 1 aromatic rings. The van der Waals surface area contributed by atoms with Gasteiger partial charge < -0.3 is 15.8 Å². The zero-order valence-electron chi connectivity index (χ0n) is 11.5. The van der Waals surface area contributed by atoms with E-state index < -0.39 is 12.1 Å². The first-order valence-electron chi connectivity index (χ1n) is 6.30. The Balaban J connectivity index is 2.66. The molecule has 1 rings (SSSR count). The van der Waals surface area contributed by atoms with Crippen LogP contribution in [0, 0.1) is 6.92 Å². The first kappa shape index (κ1) is 15.0. The van der Waals surface area contributed by atoms with Crippen LogP contribution in [0.1, 0.15) is 36.2 Å². The summed E-state index contributed by atoms with van der Waals surface area (Å²) in [6.45, 7) is 5.90. The number of aryl methyl sites for hydroxylation is 1. The fraction of sp³-hybridized carbons (Fsp3) is 0.429. The van der Waals surface area contributed by atoms with Crippen molar-refractivity contribution >= 4 is 17.6 Å². The summed E-state index contributed by atoms with van der Waals surface area (Å²) in [6, 6.07) is 4.97. The molecule has 0 radical (unpaired) electrons. The molecule has 0 spiro atoms. The average molecular weight is 264 g/mol. The number of hydrogen-bond acceptors (Lipinski definition) is 4. The molecule has 1 atom stereocenters. The lowest BCUT2D eigenvalue weighted by Crippen LogP contribution is -2.36. The van der Waals surface area contributed by atoms with E-state index >= 15 is 0 Å². The average Bonchev–Trinajstić information content (AvgIpc) is 2.34. The largest absolute Gasteiger partial charge is 0.449 e. The Kier molecular flexibility index (Phi) is 5.36. The molecule has 0 aromatic heterocycles. The van der Waals surface area contributed by atoms with Gasteiger partial charge >= 0.3 is 5.97 Å². The first-order valence-corrected chi connectivity index (χ1v) is 6.30. The van der Waals surface area contributed by atoms with E-state index in [4.69, 9.17) is 10.5 Å². The number of carbonyl (C=O) groups is 2. The zero-order valence-corrected chi connectivity index (χ0v) is 11.5. The van der Waals surface area contributed by atoms with Crippen molar-refractivity contribution in [3.05, 3.63) is 29.3 Å². The van der Waals surface area contributed by atoms with Crippen molar-refractivity contribution in [3.63, 3.8) is 0 Å². The summed E-state index contributed by atoms with van der Waals surface area (Å²) in [4.78, 5) is 23.5. The Morgan fingerprint density at radius 1 is 1.37 bits per heavy atom. The van der Waals surface area contributed by atoms with E-state index in [1.54, 1.807) is 19.1 Å². The van der Waals surface area contributed by atoms with Crippen LogP contribution in [0.2, 0.25) is 0 Å². The normalized spacial score (nSPS) is 11.7. The molecule has 0 aliphatic carbocycles. The third kappa shape index (κ3) is 4.62. The minimum Gasteiger partial charge on any atom is -0.449 e. The van der Waals surface area contributed by atoms with Crippen LogP contribution in [0.15, 0.2) is 18.2 Å². The smallest absolute Gasteiger partial charge is 0.338 e. The van der Waals surface area contributed by atoms with Crippen LogP contribution < -0.4 is 11.1 Å². The molecule has 0 saturated heterocycles. The van der Waals surface area contributed by atoms with Gasteiger partial charge in [0.2, 0.25) is 0 Å². The predicted molar refractivity (Wildman–Crippen MR) is 73.8 cm³/mol.